The number of unbranched alkanes of at least 4 members (excludes halogenated alkanes) is 2. The summed E-state index contributed by atoms with van der Waals surface area (Å²) in [5.41, 5.74) is -0.752. The molecule has 1 aromatic rings. The fraction of sp³-hybridized carbons (Fsp3) is 0.684. The lowest BCUT2D eigenvalue weighted by Crippen LogP contribution is -2.66. The van der Waals surface area contributed by atoms with Gasteiger partial charge in [-0.3, -0.25) is 10.1 Å². The average Bonchev–Trinajstić information content (AvgIpc) is 2.61. The van der Waals surface area contributed by atoms with E-state index in [0.29, 0.717) is 12.8 Å². The number of sulfonamides is 1. The third kappa shape index (κ3) is 5.28. The van der Waals surface area contributed by atoms with Crippen LogP contribution < -0.4 is 4.72 Å². The van der Waals surface area contributed by atoms with Gasteiger partial charge in [-0.2, -0.15) is 0 Å². The molecule has 0 aliphatic carbocycles. The molecule has 1 aromatic carbocycles. The highest BCUT2D eigenvalue weighted by Gasteiger charge is 2.56. The highest BCUT2D eigenvalue weighted by Crippen LogP contribution is 2.31. The SMILES string of the molecule is CCCCCC(NS(=O)(=O)c1ccc(C)cc1)C1([N+](=O)[O-])COC(C)(C)OC1. The van der Waals surface area contributed by atoms with Crippen molar-refractivity contribution in [1.29, 1.82) is 0 Å². The molecule has 0 radical (unpaired) electrons. The van der Waals surface area contributed by atoms with Gasteiger partial charge in [0.1, 0.15) is 13.2 Å². The Morgan fingerprint density at radius 2 is 1.75 bits per heavy atom. The van der Waals surface area contributed by atoms with Crippen molar-refractivity contribution in [3.63, 3.8) is 0 Å². The number of nitro groups is 1. The second kappa shape index (κ2) is 8.86. The van der Waals surface area contributed by atoms with E-state index in [-0.39, 0.29) is 18.1 Å². The summed E-state index contributed by atoms with van der Waals surface area (Å²) in [7, 11) is -3.93. The second-order valence-electron chi connectivity index (χ2n) is 7.82. The van der Waals surface area contributed by atoms with Gasteiger partial charge < -0.3 is 9.47 Å². The summed E-state index contributed by atoms with van der Waals surface area (Å²) >= 11 is 0. The number of aryl methyl sites for hydroxylation is 1. The Balaban J connectivity index is 2.34. The van der Waals surface area contributed by atoms with E-state index in [1.165, 1.54) is 12.1 Å². The van der Waals surface area contributed by atoms with Crippen LogP contribution in [0.25, 0.3) is 0 Å². The molecular weight excluding hydrogens is 384 g/mol. The van der Waals surface area contributed by atoms with Gasteiger partial charge in [0, 0.05) is 4.92 Å². The van der Waals surface area contributed by atoms with Gasteiger partial charge in [0.15, 0.2) is 5.79 Å². The number of nitrogens with zero attached hydrogens (tertiary/aromatic N) is 1. The van der Waals surface area contributed by atoms with Crippen LogP contribution in [0.3, 0.4) is 0 Å². The van der Waals surface area contributed by atoms with Gasteiger partial charge in [-0.25, -0.2) is 13.1 Å². The molecule has 1 unspecified atom stereocenters. The number of benzene rings is 1. The van der Waals surface area contributed by atoms with E-state index < -0.39 is 32.3 Å². The molecule has 1 atom stereocenters. The molecule has 1 saturated heterocycles. The zero-order valence-corrected chi connectivity index (χ0v) is 17.8. The van der Waals surface area contributed by atoms with E-state index in [9.17, 15) is 18.5 Å². The van der Waals surface area contributed by atoms with E-state index in [0.717, 1.165) is 18.4 Å². The number of ether oxygens (including phenoxy) is 2. The fourth-order valence-corrected chi connectivity index (χ4v) is 4.47. The van der Waals surface area contributed by atoms with Crippen molar-refractivity contribution in [2.24, 2.45) is 0 Å². The van der Waals surface area contributed by atoms with Crippen molar-refractivity contribution < 1.29 is 22.8 Å². The molecule has 1 N–H and O–H groups in total. The van der Waals surface area contributed by atoms with E-state index in [4.69, 9.17) is 9.47 Å². The molecule has 1 heterocycles. The monoisotopic (exact) mass is 414 g/mol. The average molecular weight is 415 g/mol. The summed E-state index contributed by atoms with van der Waals surface area (Å²) in [6, 6.07) is 5.43. The maximum atomic E-state index is 12.9. The van der Waals surface area contributed by atoms with Gasteiger partial charge in [0.2, 0.25) is 10.0 Å². The van der Waals surface area contributed by atoms with Crippen LogP contribution in [0.15, 0.2) is 29.2 Å². The lowest BCUT2D eigenvalue weighted by Gasteiger charge is -2.41. The Bertz CT molecular complexity index is 766. The minimum atomic E-state index is -3.93. The van der Waals surface area contributed by atoms with Crippen LogP contribution in [-0.2, 0) is 19.5 Å². The molecular formula is C19H30N2O6S. The van der Waals surface area contributed by atoms with Crippen molar-refractivity contribution in [3.8, 4) is 0 Å². The maximum absolute atomic E-state index is 12.9. The van der Waals surface area contributed by atoms with Crippen molar-refractivity contribution in [2.45, 2.75) is 75.6 Å². The van der Waals surface area contributed by atoms with Crippen molar-refractivity contribution in [3.05, 3.63) is 39.9 Å². The maximum Gasteiger partial charge on any atom is 0.284 e. The normalized spacial score (nSPS) is 19.9. The van der Waals surface area contributed by atoms with Gasteiger partial charge in [0.05, 0.1) is 10.9 Å². The number of hydrogen-bond acceptors (Lipinski definition) is 6. The first-order chi connectivity index (χ1) is 13.0. The molecule has 1 aliphatic heterocycles. The van der Waals surface area contributed by atoms with E-state index >= 15 is 0 Å². The second-order valence-corrected chi connectivity index (χ2v) is 9.53. The van der Waals surface area contributed by atoms with Crippen LogP contribution in [0.4, 0.5) is 0 Å². The van der Waals surface area contributed by atoms with Crippen LogP contribution in [0.1, 0.15) is 52.0 Å². The molecule has 0 spiro atoms. The molecule has 8 nitrogen and oxygen atoms in total. The Labute approximate surface area is 166 Å². The van der Waals surface area contributed by atoms with E-state index in [1.54, 1.807) is 26.0 Å². The number of nitrogens with one attached hydrogen (secondary N) is 1. The van der Waals surface area contributed by atoms with Gasteiger partial charge in [-0.05, 0) is 39.3 Å². The van der Waals surface area contributed by atoms with Crippen LogP contribution in [0, 0.1) is 17.0 Å². The zero-order valence-electron chi connectivity index (χ0n) is 16.9. The first-order valence-corrected chi connectivity index (χ1v) is 11.0. The standard InChI is InChI=1S/C19H30N2O6S/c1-5-6-7-8-17(19(21(22)23)13-26-18(3,4)27-14-19)20-28(24,25)16-11-9-15(2)10-12-16/h9-12,17,20H,5-8,13-14H2,1-4H3. The first kappa shape index (κ1) is 22.7. The zero-order chi connectivity index (χ0) is 21.0. The predicted octanol–water partition coefficient (Wildman–Crippen LogP) is 3.02. The Kier molecular flexibility index (Phi) is 7.19. The molecule has 0 amide bonds. The summed E-state index contributed by atoms with van der Waals surface area (Å²) in [5.74, 6) is -0.941. The third-order valence-electron chi connectivity index (χ3n) is 5.08. The smallest absolute Gasteiger partial charge is 0.284 e. The first-order valence-electron chi connectivity index (χ1n) is 9.54. The van der Waals surface area contributed by atoms with Gasteiger partial charge in [-0.15, -0.1) is 0 Å². The molecule has 28 heavy (non-hydrogen) atoms. The summed E-state index contributed by atoms with van der Waals surface area (Å²) in [6.07, 6.45) is 2.76. The van der Waals surface area contributed by atoms with Crippen LogP contribution >= 0.6 is 0 Å². The van der Waals surface area contributed by atoms with Crippen LogP contribution in [0.5, 0.6) is 0 Å². The van der Waals surface area contributed by atoms with Gasteiger partial charge >= 0.3 is 0 Å². The Hall–Kier alpha value is -1.55. The van der Waals surface area contributed by atoms with Gasteiger partial charge in [-0.1, -0.05) is 43.9 Å². The van der Waals surface area contributed by atoms with E-state index in [2.05, 4.69) is 4.72 Å². The highest BCUT2D eigenvalue weighted by molar-refractivity contribution is 7.89. The highest BCUT2D eigenvalue weighted by atomic mass is 32.2. The van der Waals surface area contributed by atoms with Gasteiger partial charge in [0.25, 0.3) is 5.54 Å². The summed E-state index contributed by atoms with van der Waals surface area (Å²) in [5, 5.41) is 12.0. The summed E-state index contributed by atoms with van der Waals surface area (Å²) < 4.78 is 39.5. The number of hydrogen-bond donors (Lipinski definition) is 1. The van der Waals surface area contributed by atoms with Crippen LogP contribution in [0.2, 0.25) is 0 Å². The van der Waals surface area contributed by atoms with Crippen molar-refractivity contribution >= 4 is 10.0 Å². The predicted molar refractivity (Wildman–Crippen MR) is 105 cm³/mol. The topological polar surface area (TPSA) is 108 Å². The van der Waals surface area contributed by atoms with Crippen LogP contribution in [-0.4, -0.2) is 43.9 Å². The lowest BCUT2D eigenvalue weighted by molar-refractivity contribution is -0.600. The largest absolute Gasteiger partial charge is 0.343 e. The summed E-state index contributed by atoms with van der Waals surface area (Å²) in [6.45, 7) is 6.79. The lowest BCUT2D eigenvalue weighted by atomic mass is 9.88. The molecule has 1 aliphatic rings. The Morgan fingerprint density at radius 1 is 1.18 bits per heavy atom. The molecule has 0 bridgehead atoms. The van der Waals surface area contributed by atoms with E-state index in [1.807, 2.05) is 13.8 Å². The minimum absolute atomic E-state index is 0.0788. The minimum Gasteiger partial charge on any atom is -0.343 e. The third-order valence-corrected chi connectivity index (χ3v) is 6.56. The van der Waals surface area contributed by atoms with Crippen molar-refractivity contribution in [1.82, 2.24) is 4.72 Å². The summed E-state index contributed by atoms with van der Waals surface area (Å²) in [4.78, 5) is 11.7. The molecule has 2 rings (SSSR count). The fourth-order valence-electron chi connectivity index (χ4n) is 3.12. The molecule has 158 valence electrons. The molecule has 9 heteroatoms. The number of rotatable bonds is 9. The molecule has 0 saturated carbocycles. The molecule has 1 fully saturated rings. The molecule has 0 aromatic heterocycles. The Morgan fingerprint density at radius 3 is 2.25 bits per heavy atom. The van der Waals surface area contributed by atoms with Crippen molar-refractivity contribution in [2.75, 3.05) is 13.2 Å². The quantitative estimate of drug-likeness (QED) is 0.378.